The second kappa shape index (κ2) is 7.56. The van der Waals surface area contributed by atoms with Gasteiger partial charge in [-0.05, 0) is 33.3 Å². The van der Waals surface area contributed by atoms with Crippen molar-refractivity contribution in [2.24, 2.45) is 0 Å². The van der Waals surface area contributed by atoms with Crippen LogP contribution in [0.1, 0.15) is 32.6 Å². The van der Waals surface area contributed by atoms with Crippen molar-refractivity contribution in [2.45, 2.75) is 40.2 Å². The van der Waals surface area contributed by atoms with Crippen molar-refractivity contribution >= 4 is 27.5 Å². The third kappa shape index (κ3) is 4.28. The number of fused-ring (bicyclic) bond motifs is 1. The van der Waals surface area contributed by atoms with Crippen LogP contribution >= 0.6 is 11.3 Å². The second-order valence-corrected chi connectivity index (χ2v) is 6.05. The first kappa shape index (κ1) is 16.0. The van der Waals surface area contributed by atoms with E-state index in [4.69, 9.17) is 9.47 Å². The van der Waals surface area contributed by atoms with Gasteiger partial charge in [-0.25, -0.2) is 4.98 Å². The van der Waals surface area contributed by atoms with Gasteiger partial charge < -0.3 is 14.8 Å². The van der Waals surface area contributed by atoms with Gasteiger partial charge in [0.15, 0.2) is 0 Å². The Hall–Kier alpha value is -1.40. The maximum Gasteiger partial charge on any atom is 0.227 e. The maximum absolute atomic E-state index is 5.81. The number of rotatable bonds is 8. The Morgan fingerprint density at radius 1 is 1.24 bits per heavy atom. The topological polar surface area (TPSA) is 56.3 Å². The summed E-state index contributed by atoms with van der Waals surface area (Å²) < 4.78 is 11.3. The van der Waals surface area contributed by atoms with Crippen LogP contribution in [-0.4, -0.2) is 35.8 Å². The zero-order chi connectivity index (χ0) is 15.2. The lowest BCUT2D eigenvalue weighted by molar-refractivity contribution is 0.0546. The van der Waals surface area contributed by atoms with Gasteiger partial charge in [0.05, 0.1) is 18.1 Å². The predicted molar refractivity (Wildman–Crippen MR) is 87.5 cm³/mol. The fourth-order valence-electron chi connectivity index (χ4n) is 1.89. The molecule has 0 radical (unpaired) electrons. The molecule has 0 saturated carbocycles. The van der Waals surface area contributed by atoms with E-state index in [1.807, 2.05) is 20.8 Å². The summed E-state index contributed by atoms with van der Waals surface area (Å²) in [6, 6.07) is 2.12. The van der Waals surface area contributed by atoms with Crippen LogP contribution in [0.5, 0.6) is 5.88 Å². The van der Waals surface area contributed by atoms with Crippen LogP contribution in [0.3, 0.4) is 0 Å². The quantitative estimate of drug-likeness (QED) is 0.756. The highest BCUT2D eigenvalue weighted by Gasteiger charge is 2.12. The highest BCUT2D eigenvalue weighted by Crippen LogP contribution is 2.31. The Balaban J connectivity index is 2.19. The fourth-order valence-corrected chi connectivity index (χ4v) is 2.85. The molecule has 0 amide bonds. The maximum atomic E-state index is 5.81. The summed E-state index contributed by atoms with van der Waals surface area (Å²) in [7, 11) is 0. The van der Waals surface area contributed by atoms with Gasteiger partial charge in [0.1, 0.15) is 11.4 Å². The van der Waals surface area contributed by atoms with Gasteiger partial charge in [0.2, 0.25) is 11.8 Å². The molecular weight excluding hydrogens is 286 g/mol. The summed E-state index contributed by atoms with van der Waals surface area (Å²) in [6.07, 6.45) is 1.21. The molecule has 0 saturated heterocycles. The van der Waals surface area contributed by atoms with Crippen molar-refractivity contribution in [3.05, 3.63) is 10.9 Å². The lowest BCUT2D eigenvalue weighted by Gasteiger charge is -2.10. The van der Waals surface area contributed by atoms with Crippen molar-refractivity contribution < 1.29 is 9.47 Å². The van der Waals surface area contributed by atoms with E-state index in [-0.39, 0.29) is 6.10 Å². The van der Waals surface area contributed by atoms with Crippen LogP contribution in [-0.2, 0) is 11.2 Å². The van der Waals surface area contributed by atoms with Crippen molar-refractivity contribution in [1.82, 2.24) is 9.97 Å². The van der Waals surface area contributed by atoms with Gasteiger partial charge in [-0.3, -0.25) is 0 Å². The summed E-state index contributed by atoms with van der Waals surface area (Å²) in [5, 5.41) is 4.14. The van der Waals surface area contributed by atoms with E-state index < -0.39 is 0 Å². The molecule has 0 aromatic carbocycles. The SMILES string of the molecule is CCNc1nc(OCCOC(C)C)c2cc(CC)sc2n1. The van der Waals surface area contributed by atoms with Crippen molar-refractivity contribution in [3.63, 3.8) is 0 Å². The van der Waals surface area contributed by atoms with Crippen LogP contribution in [0.2, 0.25) is 0 Å². The van der Waals surface area contributed by atoms with Crippen LogP contribution < -0.4 is 10.1 Å². The molecule has 2 rings (SSSR count). The van der Waals surface area contributed by atoms with E-state index in [1.54, 1.807) is 11.3 Å². The Morgan fingerprint density at radius 3 is 2.71 bits per heavy atom. The average molecular weight is 309 g/mol. The molecule has 0 unspecified atom stereocenters. The molecule has 6 heteroatoms. The van der Waals surface area contributed by atoms with Gasteiger partial charge in [-0.15, -0.1) is 11.3 Å². The van der Waals surface area contributed by atoms with E-state index in [9.17, 15) is 0 Å². The molecule has 0 aliphatic carbocycles. The lowest BCUT2D eigenvalue weighted by Crippen LogP contribution is -2.12. The van der Waals surface area contributed by atoms with Crippen LogP contribution in [0.4, 0.5) is 5.95 Å². The van der Waals surface area contributed by atoms with Gasteiger partial charge in [0.25, 0.3) is 0 Å². The van der Waals surface area contributed by atoms with Crippen molar-refractivity contribution in [1.29, 1.82) is 0 Å². The summed E-state index contributed by atoms with van der Waals surface area (Å²) >= 11 is 1.69. The molecule has 2 aromatic rings. The summed E-state index contributed by atoms with van der Waals surface area (Å²) in [6.45, 7) is 10.0. The zero-order valence-electron chi connectivity index (χ0n) is 13.1. The van der Waals surface area contributed by atoms with E-state index >= 15 is 0 Å². The zero-order valence-corrected chi connectivity index (χ0v) is 13.9. The highest BCUT2D eigenvalue weighted by molar-refractivity contribution is 7.18. The number of hydrogen-bond donors (Lipinski definition) is 1. The molecule has 1 N–H and O–H groups in total. The molecule has 0 aliphatic heterocycles. The minimum atomic E-state index is 0.212. The van der Waals surface area contributed by atoms with E-state index in [2.05, 4.69) is 28.3 Å². The van der Waals surface area contributed by atoms with Gasteiger partial charge >= 0.3 is 0 Å². The Bertz CT molecular complexity index is 584. The summed E-state index contributed by atoms with van der Waals surface area (Å²) in [5.41, 5.74) is 0. The largest absolute Gasteiger partial charge is 0.475 e. The number of nitrogens with one attached hydrogen (secondary N) is 1. The normalized spacial score (nSPS) is 11.3. The third-order valence-corrected chi connectivity index (χ3v) is 4.04. The minimum Gasteiger partial charge on any atom is -0.475 e. The number of thiophene rings is 1. The molecule has 0 aliphatic rings. The summed E-state index contributed by atoms with van der Waals surface area (Å²) in [4.78, 5) is 11.3. The monoisotopic (exact) mass is 309 g/mol. The number of hydrogen-bond acceptors (Lipinski definition) is 6. The molecule has 0 atom stereocenters. The molecular formula is C15H23N3O2S. The highest BCUT2D eigenvalue weighted by atomic mass is 32.1. The van der Waals surface area contributed by atoms with Gasteiger partial charge in [-0.1, -0.05) is 6.92 Å². The smallest absolute Gasteiger partial charge is 0.227 e. The predicted octanol–water partition coefficient (Wildman–Crippen LogP) is 3.49. The standard InChI is InChI=1S/C15H23N3O2S/c1-5-11-9-12-13(20-8-7-19-10(3)4)17-15(16-6-2)18-14(12)21-11/h9-10H,5-8H2,1-4H3,(H,16,17,18). The second-order valence-electron chi connectivity index (χ2n) is 4.94. The molecule has 2 aromatic heterocycles. The first-order valence-electron chi connectivity index (χ1n) is 7.42. The number of ether oxygens (including phenoxy) is 2. The van der Waals surface area contributed by atoms with Crippen molar-refractivity contribution in [2.75, 3.05) is 25.1 Å². The number of nitrogens with zero attached hydrogens (tertiary/aromatic N) is 2. The molecule has 116 valence electrons. The third-order valence-electron chi connectivity index (χ3n) is 2.87. The van der Waals surface area contributed by atoms with E-state index in [1.165, 1.54) is 4.88 Å². The molecule has 5 nitrogen and oxygen atoms in total. The molecule has 0 bridgehead atoms. The fraction of sp³-hybridized carbons (Fsp3) is 0.600. The van der Waals surface area contributed by atoms with Crippen LogP contribution in [0.15, 0.2) is 6.07 Å². The Morgan fingerprint density at radius 2 is 2.05 bits per heavy atom. The van der Waals surface area contributed by atoms with Crippen LogP contribution in [0.25, 0.3) is 10.2 Å². The number of aryl methyl sites for hydroxylation is 1. The van der Waals surface area contributed by atoms with Crippen molar-refractivity contribution in [3.8, 4) is 5.88 Å². The average Bonchev–Trinajstić information content (AvgIpc) is 2.86. The van der Waals surface area contributed by atoms with Gasteiger partial charge in [-0.2, -0.15) is 4.98 Å². The number of anilines is 1. The Kier molecular flexibility index (Phi) is 5.76. The molecule has 2 heterocycles. The van der Waals surface area contributed by atoms with Crippen LogP contribution in [0, 0.1) is 0 Å². The first-order valence-corrected chi connectivity index (χ1v) is 8.24. The van der Waals surface area contributed by atoms with E-state index in [0.29, 0.717) is 25.0 Å². The van der Waals surface area contributed by atoms with E-state index in [0.717, 1.165) is 23.2 Å². The molecule has 0 spiro atoms. The number of aromatic nitrogens is 2. The Labute approximate surface area is 129 Å². The lowest BCUT2D eigenvalue weighted by atomic mass is 10.3. The molecule has 0 fully saturated rings. The summed E-state index contributed by atoms with van der Waals surface area (Å²) in [5.74, 6) is 1.26. The first-order chi connectivity index (χ1) is 10.1. The minimum absolute atomic E-state index is 0.212. The molecule has 21 heavy (non-hydrogen) atoms. The van der Waals surface area contributed by atoms with Gasteiger partial charge in [0, 0.05) is 11.4 Å².